The molecule has 7 heavy (non-hydrogen) atoms. The molecule has 0 aromatic carbocycles. The maximum atomic E-state index is 10.4. The molecular weight excluding hydrogens is 111 g/mol. The van der Waals surface area contributed by atoms with Crippen molar-refractivity contribution >= 4 is 7.44 Å². The fourth-order valence-electron chi connectivity index (χ4n) is 0.349. The van der Waals surface area contributed by atoms with E-state index in [-0.39, 0.29) is 0 Å². The monoisotopic (exact) mass is 122 g/mol. The molecule has 0 radical (unpaired) electrons. The summed E-state index contributed by atoms with van der Waals surface area (Å²) >= 11 is 0. The maximum absolute atomic E-state index is 10.4. The predicted octanol–water partition coefficient (Wildman–Crippen LogP) is 0.507. The van der Waals surface area contributed by atoms with Gasteiger partial charge in [-0.05, 0) is 6.42 Å². The third-order valence-corrected chi connectivity index (χ3v) is 1.72. The summed E-state index contributed by atoms with van der Waals surface area (Å²) in [7, 11) is -2.67. The third kappa shape index (κ3) is 6.15. The van der Waals surface area contributed by atoms with E-state index in [1.54, 1.807) is 0 Å². The van der Waals surface area contributed by atoms with Gasteiger partial charge in [0.2, 0.25) is 7.44 Å². The molecule has 0 fully saturated rings. The zero-order valence-corrected chi connectivity index (χ0v) is 5.32. The Morgan fingerprint density at radius 2 is 2.00 bits per heavy atom. The van der Waals surface area contributed by atoms with Crippen molar-refractivity contribution in [2.24, 2.45) is 11.0 Å². The lowest BCUT2D eigenvalue weighted by Crippen LogP contribution is -2.07. The van der Waals surface area contributed by atoms with Crippen molar-refractivity contribution in [2.75, 3.05) is 6.16 Å². The van der Waals surface area contributed by atoms with Crippen molar-refractivity contribution < 1.29 is 4.57 Å². The van der Waals surface area contributed by atoms with Crippen LogP contribution in [0.2, 0.25) is 0 Å². The quantitative estimate of drug-likeness (QED) is 0.524. The molecule has 4 N–H and O–H groups in total. The SMILES string of the molecule is CCCP(N)(N)=O. The summed E-state index contributed by atoms with van der Waals surface area (Å²) in [6.45, 7) is 1.90. The van der Waals surface area contributed by atoms with Crippen LogP contribution >= 0.6 is 7.44 Å². The Morgan fingerprint density at radius 1 is 1.57 bits per heavy atom. The summed E-state index contributed by atoms with van der Waals surface area (Å²) < 4.78 is 10.4. The molecule has 0 bridgehead atoms. The van der Waals surface area contributed by atoms with Gasteiger partial charge in [0.25, 0.3) is 0 Å². The lowest BCUT2D eigenvalue weighted by Gasteiger charge is -2.00. The molecule has 0 saturated carbocycles. The fourth-order valence-corrected chi connectivity index (χ4v) is 1.05. The van der Waals surface area contributed by atoms with Crippen LogP contribution in [0.5, 0.6) is 0 Å². The van der Waals surface area contributed by atoms with Gasteiger partial charge in [-0.1, -0.05) is 6.92 Å². The van der Waals surface area contributed by atoms with Crippen LogP contribution in [-0.4, -0.2) is 6.16 Å². The van der Waals surface area contributed by atoms with Gasteiger partial charge in [-0.25, -0.2) is 0 Å². The number of rotatable bonds is 2. The Bertz CT molecular complexity index is 86.9. The van der Waals surface area contributed by atoms with E-state index < -0.39 is 7.44 Å². The van der Waals surface area contributed by atoms with Gasteiger partial charge < -0.3 is 0 Å². The van der Waals surface area contributed by atoms with E-state index in [1.807, 2.05) is 6.92 Å². The first-order chi connectivity index (χ1) is 3.06. The summed E-state index contributed by atoms with van der Waals surface area (Å²) in [6.07, 6.45) is 1.25. The molecule has 0 amide bonds. The summed E-state index contributed by atoms with van der Waals surface area (Å²) in [5.74, 6) is 0. The second-order valence-electron chi connectivity index (χ2n) is 1.58. The Morgan fingerprint density at radius 3 is 2.00 bits per heavy atom. The molecule has 0 heterocycles. The lowest BCUT2D eigenvalue weighted by atomic mass is 10.6. The lowest BCUT2D eigenvalue weighted by molar-refractivity contribution is 0.575. The standard InChI is InChI=1S/C3H11N2OP/c1-2-3-7(4,5)6/h2-3H2,1H3,(H4,4,5,6). The van der Waals surface area contributed by atoms with Crippen LogP contribution in [0.4, 0.5) is 0 Å². The smallest absolute Gasteiger partial charge is 0.206 e. The van der Waals surface area contributed by atoms with E-state index in [1.165, 1.54) is 0 Å². The predicted molar refractivity (Wildman–Crippen MR) is 31.1 cm³/mol. The Kier molecular flexibility index (Phi) is 2.51. The minimum atomic E-state index is -2.67. The molecule has 0 aromatic rings. The molecule has 0 spiro atoms. The average Bonchev–Trinajstić information content (AvgIpc) is 1.30. The fraction of sp³-hybridized carbons (Fsp3) is 1.00. The summed E-state index contributed by atoms with van der Waals surface area (Å²) in [6, 6.07) is 0. The van der Waals surface area contributed by atoms with E-state index in [2.05, 4.69) is 0 Å². The molecule has 0 aromatic heterocycles. The van der Waals surface area contributed by atoms with Gasteiger partial charge in [0.05, 0.1) is 0 Å². The van der Waals surface area contributed by atoms with Crippen LogP contribution in [0.25, 0.3) is 0 Å². The minimum Gasteiger partial charge on any atom is -0.290 e. The highest BCUT2D eigenvalue weighted by Crippen LogP contribution is 2.24. The minimum absolute atomic E-state index is 0.451. The first-order valence-electron chi connectivity index (χ1n) is 2.22. The Balaban J connectivity index is 3.36. The highest BCUT2D eigenvalue weighted by molar-refractivity contribution is 7.58. The Labute approximate surface area is 43.6 Å². The Hall–Kier alpha value is 0.150. The second-order valence-corrected chi connectivity index (χ2v) is 3.73. The average molecular weight is 122 g/mol. The van der Waals surface area contributed by atoms with Crippen molar-refractivity contribution in [3.05, 3.63) is 0 Å². The first-order valence-corrected chi connectivity index (χ1v) is 4.25. The zero-order valence-electron chi connectivity index (χ0n) is 4.42. The maximum Gasteiger partial charge on any atom is 0.206 e. The van der Waals surface area contributed by atoms with E-state index in [4.69, 9.17) is 11.0 Å². The van der Waals surface area contributed by atoms with Gasteiger partial charge >= 0.3 is 0 Å². The molecule has 44 valence electrons. The normalized spacial score (nSPS) is 11.9. The summed E-state index contributed by atoms with van der Waals surface area (Å²) in [4.78, 5) is 0. The molecular formula is C3H11N2OP. The van der Waals surface area contributed by atoms with Gasteiger partial charge in [-0.15, -0.1) is 0 Å². The molecule has 0 aliphatic rings. The molecule has 4 heteroatoms. The van der Waals surface area contributed by atoms with Gasteiger partial charge in [-0.3, -0.25) is 15.6 Å². The third-order valence-electron chi connectivity index (χ3n) is 0.573. The van der Waals surface area contributed by atoms with Crippen LogP contribution in [0, 0.1) is 0 Å². The second kappa shape index (κ2) is 2.46. The molecule has 0 saturated heterocycles. The van der Waals surface area contributed by atoms with Crippen LogP contribution in [-0.2, 0) is 4.57 Å². The van der Waals surface area contributed by atoms with Crippen molar-refractivity contribution in [2.45, 2.75) is 13.3 Å². The first kappa shape index (κ1) is 7.15. The van der Waals surface area contributed by atoms with E-state index >= 15 is 0 Å². The topological polar surface area (TPSA) is 69.1 Å². The van der Waals surface area contributed by atoms with Gasteiger partial charge in [0.15, 0.2) is 0 Å². The van der Waals surface area contributed by atoms with Crippen molar-refractivity contribution in [1.82, 2.24) is 0 Å². The van der Waals surface area contributed by atoms with Crippen molar-refractivity contribution in [3.8, 4) is 0 Å². The van der Waals surface area contributed by atoms with Gasteiger partial charge in [0, 0.05) is 6.16 Å². The van der Waals surface area contributed by atoms with Crippen LogP contribution in [0.1, 0.15) is 13.3 Å². The molecule has 0 aliphatic heterocycles. The van der Waals surface area contributed by atoms with E-state index in [0.717, 1.165) is 6.42 Å². The highest BCUT2D eigenvalue weighted by atomic mass is 31.2. The molecule has 0 unspecified atom stereocenters. The van der Waals surface area contributed by atoms with E-state index in [0.29, 0.717) is 6.16 Å². The van der Waals surface area contributed by atoms with Crippen LogP contribution in [0.3, 0.4) is 0 Å². The van der Waals surface area contributed by atoms with Crippen LogP contribution < -0.4 is 11.0 Å². The van der Waals surface area contributed by atoms with Crippen molar-refractivity contribution in [3.63, 3.8) is 0 Å². The molecule has 0 atom stereocenters. The van der Waals surface area contributed by atoms with E-state index in [9.17, 15) is 4.57 Å². The number of hydrogen-bond acceptors (Lipinski definition) is 1. The molecule has 0 rings (SSSR count). The number of nitrogens with two attached hydrogens (primary N) is 2. The summed E-state index contributed by atoms with van der Waals surface area (Å²) in [5.41, 5.74) is 9.96. The molecule has 0 aliphatic carbocycles. The van der Waals surface area contributed by atoms with Crippen molar-refractivity contribution in [1.29, 1.82) is 0 Å². The number of hydrogen-bond donors (Lipinski definition) is 2. The largest absolute Gasteiger partial charge is 0.290 e. The van der Waals surface area contributed by atoms with Gasteiger partial charge in [-0.2, -0.15) is 0 Å². The van der Waals surface area contributed by atoms with Gasteiger partial charge in [0.1, 0.15) is 0 Å². The highest BCUT2D eigenvalue weighted by Gasteiger charge is 2.03. The zero-order chi connectivity index (χ0) is 5.91. The van der Waals surface area contributed by atoms with Crippen LogP contribution in [0.15, 0.2) is 0 Å². The summed E-state index contributed by atoms with van der Waals surface area (Å²) in [5, 5.41) is 0. The molecule has 3 nitrogen and oxygen atoms in total.